The van der Waals surface area contributed by atoms with Crippen molar-refractivity contribution in [1.82, 2.24) is 14.3 Å². The Morgan fingerprint density at radius 3 is 2.71 bits per heavy atom. The van der Waals surface area contributed by atoms with E-state index in [1.54, 1.807) is 24.1 Å². The monoisotopic (exact) mass is 415 g/mol. The van der Waals surface area contributed by atoms with Crippen molar-refractivity contribution in [2.45, 2.75) is 13.5 Å². The molecule has 0 saturated carbocycles. The van der Waals surface area contributed by atoms with Gasteiger partial charge in [-0.05, 0) is 48.9 Å². The van der Waals surface area contributed by atoms with Crippen molar-refractivity contribution in [3.8, 4) is 11.5 Å². The highest BCUT2D eigenvalue weighted by atomic mass is 16.5. The summed E-state index contributed by atoms with van der Waals surface area (Å²) in [5.41, 5.74) is 3.35. The number of rotatable bonds is 8. The number of pyridine rings is 1. The SMILES string of the molecule is Cc1ccccc1OCCN(C)C(=O)c1cccc(OCc2cn3ccccc3n2)c1. The van der Waals surface area contributed by atoms with Crippen molar-refractivity contribution in [2.75, 3.05) is 20.2 Å². The van der Waals surface area contributed by atoms with Crippen molar-refractivity contribution >= 4 is 11.6 Å². The summed E-state index contributed by atoms with van der Waals surface area (Å²) in [6, 6.07) is 20.9. The molecule has 0 radical (unpaired) electrons. The third-order valence-corrected chi connectivity index (χ3v) is 5.01. The van der Waals surface area contributed by atoms with E-state index in [0.29, 0.717) is 31.1 Å². The van der Waals surface area contributed by atoms with Crippen LogP contribution in [0.15, 0.2) is 79.1 Å². The molecule has 0 N–H and O–H groups in total. The van der Waals surface area contributed by atoms with Gasteiger partial charge in [-0.3, -0.25) is 4.79 Å². The molecule has 0 unspecified atom stereocenters. The second kappa shape index (κ2) is 9.34. The summed E-state index contributed by atoms with van der Waals surface area (Å²) < 4.78 is 13.6. The molecule has 0 spiro atoms. The van der Waals surface area contributed by atoms with Crippen LogP contribution >= 0.6 is 0 Å². The van der Waals surface area contributed by atoms with Crippen LogP contribution in [-0.2, 0) is 6.61 Å². The van der Waals surface area contributed by atoms with E-state index in [1.807, 2.05) is 78.3 Å². The molecule has 4 aromatic rings. The number of hydrogen-bond donors (Lipinski definition) is 0. The summed E-state index contributed by atoms with van der Waals surface area (Å²) in [4.78, 5) is 19.0. The average molecular weight is 415 g/mol. The van der Waals surface area contributed by atoms with Gasteiger partial charge < -0.3 is 18.8 Å². The van der Waals surface area contributed by atoms with Gasteiger partial charge in [0.25, 0.3) is 5.91 Å². The number of para-hydroxylation sites is 1. The zero-order chi connectivity index (χ0) is 21.6. The van der Waals surface area contributed by atoms with Crippen molar-refractivity contribution < 1.29 is 14.3 Å². The maximum absolute atomic E-state index is 12.8. The van der Waals surface area contributed by atoms with Gasteiger partial charge in [-0.25, -0.2) is 4.98 Å². The van der Waals surface area contributed by atoms with Gasteiger partial charge in [-0.1, -0.05) is 30.3 Å². The minimum absolute atomic E-state index is 0.0773. The number of aryl methyl sites for hydroxylation is 1. The van der Waals surface area contributed by atoms with Crippen LogP contribution < -0.4 is 9.47 Å². The number of benzene rings is 2. The largest absolute Gasteiger partial charge is 0.491 e. The first kappa shape index (κ1) is 20.5. The Bertz CT molecular complexity index is 1150. The number of imidazole rings is 1. The standard InChI is InChI=1S/C25H25N3O3/c1-19-8-3-4-11-23(19)30-15-14-27(2)25(29)20-9-7-10-22(16-20)31-18-21-17-28-13-6-5-12-24(28)26-21/h3-13,16-17H,14-15,18H2,1-2H3. The molecule has 31 heavy (non-hydrogen) atoms. The minimum Gasteiger partial charge on any atom is -0.491 e. The molecule has 0 aliphatic carbocycles. The Labute approximate surface area is 181 Å². The third kappa shape index (κ3) is 5.04. The number of nitrogens with zero attached hydrogens (tertiary/aromatic N) is 3. The second-order valence-corrected chi connectivity index (χ2v) is 7.36. The van der Waals surface area contributed by atoms with Crippen molar-refractivity contribution in [3.63, 3.8) is 0 Å². The van der Waals surface area contributed by atoms with E-state index in [-0.39, 0.29) is 5.91 Å². The topological polar surface area (TPSA) is 56.1 Å². The lowest BCUT2D eigenvalue weighted by Crippen LogP contribution is -2.30. The molecule has 2 aromatic carbocycles. The summed E-state index contributed by atoms with van der Waals surface area (Å²) in [7, 11) is 1.77. The Balaban J connectivity index is 1.33. The normalized spacial score (nSPS) is 10.8. The highest BCUT2D eigenvalue weighted by molar-refractivity contribution is 5.94. The molecule has 1 amide bonds. The van der Waals surface area contributed by atoms with Gasteiger partial charge in [0.1, 0.15) is 30.4 Å². The van der Waals surface area contributed by atoms with Gasteiger partial charge >= 0.3 is 0 Å². The van der Waals surface area contributed by atoms with Gasteiger partial charge in [0.15, 0.2) is 0 Å². The van der Waals surface area contributed by atoms with E-state index in [1.165, 1.54) is 0 Å². The molecule has 0 fully saturated rings. The van der Waals surface area contributed by atoms with Gasteiger partial charge in [0, 0.05) is 25.0 Å². The zero-order valence-electron chi connectivity index (χ0n) is 17.7. The first-order valence-electron chi connectivity index (χ1n) is 10.2. The number of fused-ring (bicyclic) bond motifs is 1. The maximum atomic E-state index is 12.8. The van der Waals surface area contributed by atoms with Crippen molar-refractivity contribution in [2.24, 2.45) is 0 Å². The van der Waals surface area contributed by atoms with Crippen LogP contribution in [-0.4, -0.2) is 40.4 Å². The highest BCUT2D eigenvalue weighted by Gasteiger charge is 2.13. The van der Waals surface area contributed by atoms with Crippen LogP contribution in [0.4, 0.5) is 0 Å². The fourth-order valence-electron chi connectivity index (χ4n) is 3.27. The predicted octanol–water partition coefficient (Wildman–Crippen LogP) is 4.37. The Morgan fingerprint density at radius 2 is 1.87 bits per heavy atom. The molecule has 4 rings (SSSR count). The molecule has 2 aromatic heterocycles. The molecule has 0 aliphatic rings. The smallest absolute Gasteiger partial charge is 0.253 e. The Morgan fingerprint density at radius 1 is 1.03 bits per heavy atom. The molecule has 0 saturated heterocycles. The Hall–Kier alpha value is -3.80. The number of likely N-dealkylation sites (N-methyl/N-ethyl adjacent to an activating group) is 1. The molecular weight excluding hydrogens is 390 g/mol. The first-order chi connectivity index (χ1) is 15.1. The van der Waals surface area contributed by atoms with Crippen molar-refractivity contribution in [3.05, 3.63) is 95.9 Å². The molecule has 0 bridgehead atoms. The average Bonchev–Trinajstić information content (AvgIpc) is 3.22. The lowest BCUT2D eigenvalue weighted by atomic mass is 10.2. The van der Waals surface area contributed by atoms with E-state index < -0.39 is 0 Å². The van der Waals surface area contributed by atoms with Gasteiger partial charge in [0.2, 0.25) is 0 Å². The molecule has 6 nitrogen and oxygen atoms in total. The number of aromatic nitrogens is 2. The van der Waals surface area contributed by atoms with E-state index in [4.69, 9.17) is 9.47 Å². The fraction of sp³-hybridized carbons (Fsp3) is 0.200. The predicted molar refractivity (Wildman–Crippen MR) is 120 cm³/mol. The summed E-state index contributed by atoms with van der Waals surface area (Å²) in [6.07, 6.45) is 3.89. The van der Waals surface area contributed by atoms with Crippen LogP contribution in [0, 0.1) is 6.92 Å². The summed E-state index contributed by atoms with van der Waals surface area (Å²) in [5, 5.41) is 0. The summed E-state index contributed by atoms with van der Waals surface area (Å²) in [5.74, 6) is 1.39. The van der Waals surface area contributed by atoms with Crippen LogP contribution in [0.3, 0.4) is 0 Å². The zero-order valence-corrected chi connectivity index (χ0v) is 17.7. The molecule has 2 heterocycles. The lowest BCUT2D eigenvalue weighted by molar-refractivity contribution is 0.0773. The summed E-state index contributed by atoms with van der Waals surface area (Å²) in [6.45, 7) is 3.25. The maximum Gasteiger partial charge on any atom is 0.253 e. The first-order valence-corrected chi connectivity index (χ1v) is 10.2. The van der Waals surface area contributed by atoms with Gasteiger partial charge in [-0.2, -0.15) is 0 Å². The molecule has 6 heteroatoms. The summed E-state index contributed by atoms with van der Waals surface area (Å²) >= 11 is 0. The van der Waals surface area contributed by atoms with Gasteiger partial charge in [-0.15, -0.1) is 0 Å². The van der Waals surface area contributed by atoms with E-state index >= 15 is 0 Å². The third-order valence-electron chi connectivity index (χ3n) is 5.01. The lowest BCUT2D eigenvalue weighted by Gasteiger charge is -2.18. The quantitative estimate of drug-likeness (QED) is 0.429. The highest BCUT2D eigenvalue weighted by Crippen LogP contribution is 2.18. The molecule has 0 aliphatic heterocycles. The number of amides is 1. The van der Waals surface area contributed by atoms with Crippen LogP contribution in [0.5, 0.6) is 11.5 Å². The number of ether oxygens (including phenoxy) is 2. The van der Waals surface area contributed by atoms with Gasteiger partial charge in [0.05, 0.1) is 12.2 Å². The fourth-order valence-corrected chi connectivity index (χ4v) is 3.27. The minimum atomic E-state index is -0.0773. The van der Waals surface area contributed by atoms with E-state index in [2.05, 4.69) is 4.98 Å². The number of hydrogen-bond acceptors (Lipinski definition) is 4. The molecular formula is C25H25N3O3. The van der Waals surface area contributed by atoms with E-state index in [9.17, 15) is 4.79 Å². The second-order valence-electron chi connectivity index (χ2n) is 7.36. The number of carbonyl (C=O) groups excluding carboxylic acids is 1. The van der Waals surface area contributed by atoms with Crippen LogP contribution in [0.2, 0.25) is 0 Å². The van der Waals surface area contributed by atoms with Crippen LogP contribution in [0.25, 0.3) is 5.65 Å². The van der Waals surface area contributed by atoms with Crippen LogP contribution in [0.1, 0.15) is 21.6 Å². The molecule has 158 valence electrons. The number of carbonyl (C=O) groups is 1. The van der Waals surface area contributed by atoms with Crippen molar-refractivity contribution in [1.29, 1.82) is 0 Å². The van der Waals surface area contributed by atoms with E-state index in [0.717, 1.165) is 22.7 Å². The molecule has 0 atom stereocenters. The Kier molecular flexibility index (Phi) is 6.17.